The summed E-state index contributed by atoms with van der Waals surface area (Å²) in [5.74, 6) is 0.453. The van der Waals surface area contributed by atoms with Gasteiger partial charge in [0, 0.05) is 12.4 Å². The average molecular weight is 254 g/mol. The van der Waals surface area contributed by atoms with Crippen molar-refractivity contribution in [3.8, 4) is 0 Å². The summed E-state index contributed by atoms with van der Waals surface area (Å²) >= 11 is 0. The second-order valence-corrected chi connectivity index (χ2v) is 3.84. The number of nitrogens with zero attached hydrogens (tertiary/aromatic N) is 8. The number of rotatable bonds is 1. The van der Waals surface area contributed by atoms with E-state index >= 15 is 0 Å². The molecule has 0 N–H and O–H groups in total. The topological polar surface area (TPSA) is 95.8 Å². The third-order valence-corrected chi connectivity index (χ3v) is 2.81. The quantitative estimate of drug-likeness (QED) is 0.447. The van der Waals surface area contributed by atoms with E-state index in [1.165, 1.54) is 39.0 Å². The Bertz CT molecular complexity index is 935. The smallest absolute Gasteiger partial charge is 0.267 e. The molecule has 0 radical (unpaired) electrons. The Morgan fingerprint density at radius 3 is 2.79 bits per heavy atom. The first-order valence-electron chi connectivity index (χ1n) is 5.40. The summed E-state index contributed by atoms with van der Waals surface area (Å²) in [6.07, 6.45) is 7.38. The van der Waals surface area contributed by atoms with E-state index in [4.69, 9.17) is 0 Å². The van der Waals surface area contributed by atoms with Crippen molar-refractivity contribution in [1.29, 1.82) is 0 Å². The van der Waals surface area contributed by atoms with Crippen LogP contribution in [-0.4, -0.2) is 39.1 Å². The SMILES string of the molecule is O=c1c2cnc3ncnn3c2ccn1-n1cnnc1. The molecule has 0 unspecified atom stereocenters. The fourth-order valence-electron chi connectivity index (χ4n) is 1.94. The summed E-state index contributed by atoms with van der Waals surface area (Å²) in [4.78, 5) is 20.4. The molecule has 0 atom stereocenters. The standard InChI is InChI=1S/C10H6N8O/c19-9-7-3-11-10-12-4-15-18(10)8(7)1-2-17(9)16-5-13-14-6-16/h1-6H. The molecule has 0 aliphatic carbocycles. The number of hydrogen-bond donors (Lipinski definition) is 0. The van der Waals surface area contributed by atoms with Crippen molar-refractivity contribution in [3.05, 3.63) is 47.8 Å². The second-order valence-electron chi connectivity index (χ2n) is 3.84. The monoisotopic (exact) mass is 254 g/mol. The van der Waals surface area contributed by atoms with Crippen molar-refractivity contribution < 1.29 is 0 Å². The van der Waals surface area contributed by atoms with Gasteiger partial charge in [-0.05, 0) is 6.07 Å². The molecule has 9 heteroatoms. The minimum absolute atomic E-state index is 0.234. The summed E-state index contributed by atoms with van der Waals surface area (Å²) in [5, 5.41) is 11.8. The predicted octanol–water partition coefficient (Wildman–Crippen LogP) is -0.658. The molecule has 0 aliphatic rings. The Morgan fingerprint density at radius 1 is 1.11 bits per heavy atom. The van der Waals surface area contributed by atoms with Gasteiger partial charge in [-0.1, -0.05) is 0 Å². The van der Waals surface area contributed by atoms with Crippen LogP contribution in [-0.2, 0) is 0 Å². The van der Waals surface area contributed by atoms with Crippen LogP contribution in [0.1, 0.15) is 0 Å². The van der Waals surface area contributed by atoms with Crippen LogP contribution in [0.15, 0.2) is 42.2 Å². The van der Waals surface area contributed by atoms with E-state index in [0.717, 1.165) is 0 Å². The largest absolute Gasteiger partial charge is 0.280 e. The van der Waals surface area contributed by atoms with Crippen LogP contribution in [0.5, 0.6) is 0 Å². The van der Waals surface area contributed by atoms with E-state index in [0.29, 0.717) is 16.7 Å². The molecular formula is C10H6N8O. The highest BCUT2D eigenvalue weighted by molar-refractivity contribution is 5.78. The van der Waals surface area contributed by atoms with Gasteiger partial charge in [0.1, 0.15) is 19.0 Å². The maximum absolute atomic E-state index is 12.4. The fraction of sp³-hybridized carbons (Fsp3) is 0. The maximum Gasteiger partial charge on any atom is 0.280 e. The zero-order chi connectivity index (χ0) is 12.8. The molecule has 0 aromatic carbocycles. The van der Waals surface area contributed by atoms with Crippen molar-refractivity contribution in [2.45, 2.75) is 0 Å². The lowest BCUT2D eigenvalue weighted by molar-refractivity contribution is 0.632. The third kappa shape index (κ3) is 1.29. The van der Waals surface area contributed by atoms with Gasteiger partial charge < -0.3 is 0 Å². The van der Waals surface area contributed by atoms with Crippen LogP contribution in [0.25, 0.3) is 16.7 Å². The Kier molecular flexibility index (Phi) is 1.79. The van der Waals surface area contributed by atoms with Crippen LogP contribution in [0.2, 0.25) is 0 Å². The van der Waals surface area contributed by atoms with Gasteiger partial charge in [0.05, 0.1) is 10.9 Å². The van der Waals surface area contributed by atoms with Gasteiger partial charge in [0.2, 0.25) is 0 Å². The van der Waals surface area contributed by atoms with Crippen molar-refractivity contribution in [2.75, 3.05) is 0 Å². The molecular weight excluding hydrogens is 248 g/mol. The summed E-state index contributed by atoms with van der Waals surface area (Å²) in [6, 6.07) is 1.76. The van der Waals surface area contributed by atoms with Crippen LogP contribution < -0.4 is 5.56 Å². The molecule has 4 rings (SSSR count). The first kappa shape index (κ1) is 9.88. The van der Waals surface area contributed by atoms with Crippen LogP contribution in [0.4, 0.5) is 0 Å². The molecule has 4 aromatic heterocycles. The second kappa shape index (κ2) is 3.45. The van der Waals surface area contributed by atoms with Gasteiger partial charge in [-0.15, -0.1) is 10.2 Å². The number of hydrogen-bond acceptors (Lipinski definition) is 6. The summed E-state index contributed by atoms with van der Waals surface area (Å²) in [7, 11) is 0. The Hall–Kier alpha value is -3.10. The van der Waals surface area contributed by atoms with Crippen molar-refractivity contribution in [3.63, 3.8) is 0 Å². The van der Waals surface area contributed by atoms with Gasteiger partial charge in [-0.3, -0.25) is 4.79 Å². The Labute approximate surface area is 104 Å². The average Bonchev–Trinajstić information content (AvgIpc) is 3.10. The Balaban J connectivity index is 2.14. The molecule has 0 amide bonds. The zero-order valence-corrected chi connectivity index (χ0v) is 9.45. The highest BCUT2D eigenvalue weighted by atomic mass is 16.1. The number of pyridine rings is 1. The van der Waals surface area contributed by atoms with Gasteiger partial charge >= 0.3 is 0 Å². The fourth-order valence-corrected chi connectivity index (χ4v) is 1.94. The Morgan fingerprint density at radius 2 is 1.95 bits per heavy atom. The molecule has 92 valence electrons. The lowest BCUT2D eigenvalue weighted by atomic mass is 10.3. The lowest BCUT2D eigenvalue weighted by Crippen LogP contribution is -2.25. The molecule has 0 saturated heterocycles. The van der Waals surface area contributed by atoms with E-state index in [-0.39, 0.29) is 5.56 Å². The van der Waals surface area contributed by atoms with Crippen LogP contribution in [0, 0.1) is 0 Å². The third-order valence-electron chi connectivity index (χ3n) is 2.81. The first-order valence-corrected chi connectivity index (χ1v) is 5.40. The molecule has 0 fully saturated rings. The van der Waals surface area contributed by atoms with Gasteiger partial charge in [-0.25, -0.2) is 14.3 Å². The normalized spacial score (nSPS) is 11.4. The van der Waals surface area contributed by atoms with E-state index in [1.807, 2.05) is 0 Å². The van der Waals surface area contributed by atoms with Crippen molar-refractivity contribution in [1.82, 2.24) is 39.1 Å². The van der Waals surface area contributed by atoms with Crippen molar-refractivity contribution in [2.24, 2.45) is 0 Å². The summed E-state index contributed by atoms with van der Waals surface area (Å²) < 4.78 is 4.38. The minimum Gasteiger partial charge on any atom is -0.267 e. The van der Waals surface area contributed by atoms with Crippen LogP contribution >= 0.6 is 0 Å². The number of aromatic nitrogens is 8. The maximum atomic E-state index is 12.4. The summed E-state index contributed by atoms with van der Waals surface area (Å²) in [5.41, 5.74) is 0.416. The first-order chi connectivity index (χ1) is 9.34. The molecule has 0 saturated carbocycles. The predicted molar refractivity (Wildman–Crippen MR) is 63.4 cm³/mol. The molecule has 0 bridgehead atoms. The molecule has 9 nitrogen and oxygen atoms in total. The van der Waals surface area contributed by atoms with Gasteiger partial charge in [0.25, 0.3) is 11.3 Å². The van der Waals surface area contributed by atoms with E-state index in [2.05, 4.69) is 25.3 Å². The zero-order valence-electron chi connectivity index (χ0n) is 9.45. The molecule has 4 heterocycles. The van der Waals surface area contributed by atoms with Crippen molar-refractivity contribution >= 4 is 16.7 Å². The van der Waals surface area contributed by atoms with E-state index in [1.54, 1.807) is 12.3 Å². The molecule has 4 aromatic rings. The highest BCUT2D eigenvalue weighted by Crippen LogP contribution is 2.08. The van der Waals surface area contributed by atoms with E-state index < -0.39 is 0 Å². The molecule has 0 spiro atoms. The molecule has 0 aliphatic heterocycles. The molecule has 19 heavy (non-hydrogen) atoms. The van der Waals surface area contributed by atoms with Gasteiger partial charge in [-0.2, -0.15) is 14.6 Å². The van der Waals surface area contributed by atoms with Gasteiger partial charge in [0.15, 0.2) is 0 Å². The lowest BCUT2D eigenvalue weighted by Gasteiger charge is -2.06. The van der Waals surface area contributed by atoms with E-state index in [9.17, 15) is 4.79 Å². The number of fused-ring (bicyclic) bond motifs is 3. The highest BCUT2D eigenvalue weighted by Gasteiger charge is 2.09. The summed E-state index contributed by atoms with van der Waals surface area (Å²) in [6.45, 7) is 0. The minimum atomic E-state index is -0.234. The van der Waals surface area contributed by atoms with Crippen LogP contribution in [0.3, 0.4) is 0 Å².